The molecule has 0 fully saturated rings. The Balaban J connectivity index is 0.000000221. The molecule has 5 heteroatoms. The Kier molecular flexibility index (Phi) is 7.15. The van der Waals surface area contributed by atoms with E-state index < -0.39 is 0 Å². The van der Waals surface area contributed by atoms with Gasteiger partial charge in [-0.3, -0.25) is 9.59 Å². The van der Waals surface area contributed by atoms with Crippen molar-refractivity contribution in [1.29, 1.82) is 0 Å². The molecular formula is C24H24O5. The van der Waals surface area contributed by atoms with Gasteiger partial charge in [0, 0.05) is 17.2 Å². The van der Waals surface area contributed by atoms with Gasteiger partial charge < -0.3 is 15.3 Å². The fourth-order valence-corrected chi connectivity index (χ4v) is 2.62. The Morgan fingerprint density at radius 3 is 1.83 bits per heavy atom. The molecule has 0 unspecified atom stereocenters. The van der Waals surface area contributed by atoms with E-state index in [1.54, 1.807) is 49.4 Å². The van der Waals surface area contributed by atoms with E-state index in [0.29, 0.717) is 16.7 Å². The van der Waals surface area contributed by atoms with E-state index in [-0.39, 0.29) is 34.7 Å². The molecule has 29 heavy (non-hydrogen) atoms. The van der Waals surface area contributed by atoms with Gasteiger partial charge in [0.1, 0.15) is 17.2 Å². The number of benzene rings is 2. The van der Waals surface area contributed by atoms with Crippen molar-refractivity contribution in [2.75, 3.05) is 0 Å². The third kappa shape index (κ3) is 6.50. The Morgan fingerprint density at radius 2 is 1.28 bits per heavy atom. The Hall–Kier alpha value is -3.60. The zero-order valence-electron chi connectivity index (χ0n) is 16.6. The fraction of sp³-hybridized carbons (Fsp3) is 0.167. The number of phenols is 3. The minimum atomic E-state index is -0.0432. The van der Waals surface area contributed by atoms with E-state index in [1.807, 2.05) is 19.9 Å². The van der Waals surface area contributed by atoms with Crippen LogP contribution in [0.5, 0.6) is 17.2 Å². The summed E-state index contributed by atoms with van der Waals surface area (Å²) >= 11 is 0. The Morgan fingerprint density at radius 1 is 0.724 bits per heavy atom. The number of rotatable bonds is 3. The minimum absolute atomic E-state index is 0.0235. The predicted molar refractivity (Wildman–Crippen MR) is 113 cm³/mol. The van der Waals surface area contributed by atoms with Crippen LogP contribution >= 0.6 is 0 Å². The quantitative estimate of drug-likeness (QED) is 0.522. The van der Waals surface area contributed by atoms with E-state index in [1.165, 1.54) is 18.2 Å². The van der Waals surface area contributed by atoms with Crippen LogP contribution < -0.4 is 0 Å². The van der Waals surface area contributed by atoms with Crippen LogP contribution in [0.1, 0.15) is 31.9 Å². The summed E-state index contributed by atoms with van der Waals surface area (Å²) in [4.78, 5) is 22.5. The number of carbonyl (C=O) groups excluding carboxylic acids is 2. The van der Waals surface area contributed by atoms with Crippen LogP contribution in [0.15, 0.2) is 65.8 Å². The second-order valence-electron chi connectivity index (χ2n) is 7.02. The van der Waals surface area contributed by atoms with Gasteiger partial charge in [0.25, 0.3) is 0 Å². The molecule has 0 saturated carbocycles. The molecule has 0 spiro atoms. The first kappa shape index (κ1) is 21.7. The van der Waals surface area contributed by atoms with Crippen LogP contribution in [0.2, 0.25) is 0 Å². The van der Waals surface area contributed by atoms with Gasteiger partial charge in [-0.15, -0.1) is 0 Å². The minimum Gasteiger partial charge on any atom is -0.508 e. The lowest BCUT2D eigenvalue weighted by Crippen LogP contribution is -2.15. The maximum absolute atomic E-state index is 11.3. The Labute approximate surface area is 170 Å². The largest absolute Gasteiger partial charge is 0.508 e. The maximum atomic E-state index is 11.3. The average molecular weight is 392 g/mol. The van der Waals surface area contributed by atoms with Crippen molar-refractivity contribution < 1.29 is 24.9 Å². The van der Waals surface area contributed by atoms with Gasteiger partial charge >= 0.3 is 0 Å². The third-order valence-corrected chi connectivity index (χ3v) is 4.22. The molecule has 0 atom stereocenters. The molecule has 2 aromatic rings. The number of phenolic OH excluding ortho intramolecular Hbond substituents is 3. The van der Waals surface area contributed by atoms with Gasteiger partial charge in [0.05, 0.1) is 0 Å². The lowest BCUT2D eigenvalue weighted by molar-refractivity contribution is -0.115. The average Bonchev–Trinajstić information content (AvgIpc) is 2.64. The third-order valence-electron chi connectivity index (χ3n) is 4.22. The lowest BCUT2D eigenvalue weighted by Gasteiger charge is -2.11. The SMILES string of the molecule is CC1=CC(=O)C(C(C)C)=CC1=O.Oc1ccc(/C=C/c2cc(O)cc(O)c2)cc1. The van der Waals surface area contributed by atoms with E-state index in [4.69, 9.17) is 5.11 Å². The van der Waals surface area contributed by atoms with Gasteiger partial charge in [-0.05, 0) is 60.4 Å². The van der Waals surface area contributed by atoms with Crippen LogP contribution in [0.25, 0.3) is 12.2 Å². The number of allylic oxidation sites excluding steroid dienone is 4. The standard InChI is InChI=1S/C14H12O3.C10H12O2/c15-12-5-3-10(4-6-12)1-2-11-7-13(16)9-14(17)8-11;1-6(2)8-5-9(11)7(3)4-10(8)12/h1-9,15-17H;4-6H,1-3H3/b2-1+;. The topological polar surface area (TPSA) is 94.8 Å². The molecule has 1 aliphatic carbocycles. The van der Waals surface area contributed by atoms with E-state index in [2.05, 4.69) is 0 Å². The molecule has 2 aromatic carbocycles. The molecule has 0 heterocycles. The summed E-state index contributed by atoms with van der Waals surface area (Å²) in [6, 6.07) is 11.1. The van der Waals surface area contributed by atoms with Crippen molar-refractivity contribution >= 4 is 23.7 Å². The molecule has 0 bridgehead atoms. The zero-order chi connectivity index (χ0) is 21.6. The van der Waals surface area contributed by atoms with Crippen molar-refractivity contribution in [2.24, 2.45) is 5.92 Å². The van der Waals surface area contributed by atoms with Crippen molar-refractivity contribution in [3.8, 4) is 17.2 Å². The summed E-state index contributed by atoms with van der Waals surface area (Å²) in [6.45, 7) is 5.48. The molecular weight excluding hydrogens is 368 g/mol. The van der Waals surface area contributed by atoms with Crippen molar-refractivity contribution in [2.45, 2.75) is 20.8 Å². The first-order valence-corrected chi connectivity index (χ1v) is 9.14. The van der Waals surface area contributed by atoms with E-state index >= 15 is 0 Å². The molecule has 0 amide bonds. The van der Waals surface area contributed by atoms with E-state index in [9.17, 15) is 19.8 Å². The maximum Gasteiger partial charge on any atom is 0.182 e. The smallest absolute Gasteiger partial charge is 0.182 e. The predicted octanol–water partition coefficient (Wildman–Crippen LogP) is 4.64. The first-order chi connectivity index (χ1) is 13.7. The second-order valence-corrected chi connectivity index (χ2v) is 7.02. The summed E-state index contributed by atoms with van der Waals surface area (Å²) in [5.74, 6) is 0.328. The number of hydrogen-bond donors (Lipinski definition) is 3. The molecule has 0 aliphatic heterocycles. The fourth-order valence-electron chi connectivity index (χ4n) is 2.62. The second kappa shape index (κ2) is 9.55. The van der Waals surface area contributed by atoms with Crippen LogP contribution in [-0.4, -0.2) is 26.9 Å². The lowest BCUT2D eigenvalue weighted by atomic mass is 9.91. The first-order valence-electron chi connectivity index (χ1n) is 9.14. The number of carbonyl (C=O) groups is 2. The van der Waals surface area contributed by atoms with Gasteiger partial charge in [0.15, 0.2) is 11.6 Å². The Bertz CT molecular complexity index is 972. The van der Waals surface area contributed by atoms with Crippen LogP contribution in [0.3, 0.4) is 0 Å². The normalized spacial score (nSPS) is 13.8. The van der Waals surface area contributed by atoms with E-state index in [0.717, 1.165) is 5.56 Å². The molecule has 0 radical (unpaired) electrons. The van der Waals surface area contributed by atoms with Crippen molar-refractivity contribution in [1.82, 2.24) is 0 Å². The highest BCUT2D eigenvalue weighted by Crippen LogP contribution is 2.22. The molecule has 0 saturated heterocycles. The highest BCUT2D eigenvalue weighted by Gasteiger charge is 2.19. The summed E-state index contributed by atoms with van der Waals surface area (Å²) in [5, 5.41) is 27.7. The number of ketones is 2. The van der Waals surface area contributed by atoms with Crippen LogP contribution in [0, 0.1) is 5.92 Å². The molecule has 0 aromatic heterocycles. The summed E-state index contributed by atoms with van der Waals surface area (Å²) < 4.78 is 0. The highest BCUT2D eigenvalue weighted by atomic mass is 16.3. The van der Waals surface area contributed by atoms with Gasteiger partial charge in [-0.1, -0.05) is 38.1 Å². The van der Waals surface area contributed by atoms with Crippen molar-refractivity contribution in [3.63, 3.8) is 0 Å². The van der Waals surface area contributed by atoms with Gasteiger partial charge in [-0.2, -0.15) is 0 Å². The summed E-state index contributed by atoms with van der Waals surface area (Å²) in [5.41, 5.74) is 2.77. The molecule has 1 aliphatic rings. The monoisotopic (exact) mass is 392 g/mol. The highest BCUT2D eigenvalue weighted by molar-refractivity contribution is 6.19. The zero-order valence-corrected chi connectivity index (χ0v) is 16.6. The molecule has 5 nitrogen and oxygen atoms in total. The summed E-state index contributed by atoms with van der Waals surface area (Å²) in [7, 11) is 0. The van der Waals surface area contributed by atoms with Gasteiger partial charge in [0.2, 0.25) is 0 Å². The molecule has 3 N–H and O–H groups in total. The summed E-state index contributed by atoms with van der Waals surface area (Å²) in [6.07, 6.45) is 6.46. The number of aromatic hydroxyl groups is 3. The van der Waals surface area contributed by atoms with Gasteiger partial charge in [-0.25, -0.2) is 0 Å². The van der Waals surface area contributed by atoms with Crippen molar-refractivity contribution in [3.05, 3.63) is 76.9 Å². The molecule has 150 valence electrons. The number of hydrogen-bond acceptors (Lipinski definition) is 5. The molecule has 3 rings (SSSR count). The van der Waals surface area contributed by atoms with Crippen LogP contribution in [-0.2, 0) is 9.59 Å². The van der Waals surface area contributed by atoms with Crippen LogP contribution in [0.4, 0.5) is 0 Å².